The molecule has 1 aliphatic rings. The van der Waals surface area contributed by atoms with Gasteiger partial charge in [0.1, 0.15) is 6.67 Å². The Bertz CT molecular complexity index is 337. The van der Waals surface area contributed by atoms with E-state index in [1.54, 1.807) is 12.1 Å². The van der Waals surface area contributed by atoms with E-state index in [1.807, 2.05) is 6.07 Å². The molecule has 2 nitrogen and oxygen atoms in total. The summed E-state index contributed by atoms with van der Waals surface area (Å²) in [5, 5.41) is 3.98. The fourth-order valence-electron chi connectivity index (χ4n) is 1.79. The number of piperazine rings is 1. The molecule has 2 rings (SSSR count). The van der Waals surface area contributed by atoms with Gasteiger partial charge >= 0.3 is 0 Å². The number of hydrogen-bond donors (Lipinski definition) is 1. The van der Waals surface area contributed by atoms with Crippen molar-refractivity contribution in [3.05, 3.63) is 28.8 Å². The predicted octanol–water partition coefficient (Wildman–Crippen LogP) is 2.22. The highest BCUT2D eigenvalue weighted by Gasteiger charge is 2.13. The van der Waals surface area contributed by atoms with Crippen LogP contribution in [-0.4, -0.2) is 26.2 Å². The lowest BCUT2D eigenvalue weighted by Crippen LogP contribution is -2.43. The molecule has 0 radical (unpaired) electrons. The van der Waals surface area contributed by atoms with E-state index < -0.39 is 6.67 Å². The third-order valence-corrected chi connectivity index (χ3v) is 2.94. The standard InChI is InChI=1S/C11H14ClFN2/c12-10-2-1-9(8-13)7-11(10)15-5-3-14-4-6-15/h1-2,7,14H,3-6,8H2. The molecule has 0 aromatic heterocycles. The second kappa shape index (κ2) is 4.81. The van der Waals surface area contributed by atoms with Crippen LogP contribution in [0.5, 0.6) is 0 Å². The van der Waals surface area contributed by atoms with E-state index in [-0.39, 0.29) is 0 Å². The Kier molecular flexibility index (Phi) is 3.44. The summed E-state index contributed by atoms with van der Waals surface area (Å²) in [6.07, 6.45) is 0. The SMILES string of the molecule is FCc1ccc(Cl)c(N2CCNCC2)c1. The summed E-state index contributed by atoms with van der Waals surface area (Å²) in [5.41, 5.74) is 1.64. The Labute approximate surface area is 94.0 Å². The van der Waals surface area contributed by atoms with Gasteiger partial charge in [0.2, 0.25) is 0 Å². The van der Waals surface area contributed by atoms with E-state index >= 15 is 0 Å². The zero-order chi connectivity index (χ0) is 10.7. The minimum Gasteiger partial charge on any atom is -0.368 e. The highest BCUT2D eigenvalue weighted by molar-refractivity contribution is 6.33. The Morgan fingerprint density at radius 2 is 2.07 bits per heavy atom. The van der Waals surface area contributed by atoms with E-state index in [2.05, 4.69) is 10.2 Å². The maximum absolute atomic E-state index is 12.5. The molecule has 1 aromatic carbocycles. The molecule has 0 aliphatic carbocycles. The molecule has 0 atom stereocenters. The number of nitrogens with zero attached hydrogens (tertiary/aromatic N) is 1. The first-order valence-corrected chi connectivity index (χ1v) is 5.49. The van der Waals surface area contributed by atoms with Crippen LogP contribution < -0.4 is 10.2 Å². The summed E-state index contributed by atoms with van der Waals surface area (Å²) in [5.74, 6) is 0. The molecule has 0 unspecified atom stereocenters. The largest absolute Gasteiger partial charge is 0.368 e. The van der Waals surface area contributed by atoms with E-state index in [4.69, 9.17) is 11.6 Å². The van der Waals surface area contributed by atoms with Crippen molar-refractivity contribution in [3.8, 4) is 0 Å². The zero-order valence-electron chi connectivity index (χ0n) is 8.47. The normalized spacial score (nSPS) is 16.8. The Hall–Kier alpha value is -0.800. The minimum absolute atomic E-state index is 0.434. The quantitative estimate of drug-likeness (QED) is 0.835. The fourth-order valence-corrected chi connectivity index (χ4v) is 2.03. The van der Waals surface area contributed by atoms with Crippen LogP contribution in [0.4, 0.5) is 10.1 Å². The molecule has 0 amide bonds. The van der Waals surface area contributed by atoms with Gasteiger partial charge in [0.15, 0.2) is 0 Å². The van der Waals surface area contributed by atoms with Gasteiger partial charge in [0.25, 0.3) is 0 Å². The lowest BCUT2D eigenvalue weighted by molar-refractivity contribution is 0.485. The number of alkyl halides is 1. The summed E-state index contributed by atoms with van der Waals surface area (Å²) < 4.78 is 12.5. The molecule has 0 spiro atoms. The summed E-state index contributed by atoms with van der Waals surface area (Å²) in [4.78, 5) is 2.19. The van der Waals surface area contributed by atoms with Crippen molar-refractivity contribution in [2.75, 3.05) is 31.1 Å². The molecular weight excluding hydrogens is 215 g/mol. The number of rotatable bonds is 2. The molecule has 1 aromatic rings. The first kappa shape index (κ1) is 10.7. The number of nitrogens with one attached hydrogen (secondary N) is 1. The molecule has 1 heterocycles. The third kappa shape index (κ3) is 2.41. The van der Waals surface area contributed by atoms with Crippen molar-refractivity contribution in [2.24, 2.45) is 0 Å². The summed E-state index contributed by atoms with van der Waals surface area (Å²) in [6.45, 7) is 3.33. The highest BCUT2D eigenvalue weighted by atomic mass is 35.5. The van der Waals surface area contributed by atoms with Gasteiger partial charge in [0.05, 0.1) is 10.7 Å². The van der Waals surface area contributed by atoms with Crippen LogP contribution in [-0.2, 0) is 6.67 Å². The Morgan fingerprint density at radius 3 is 2.73 bits per heavy atom. The Morgan fingerprint density at radius 1 is 1.33 bits per heavy atom. The van der Waals surface area contributed by atoms with Crippen LogP contribution >= 0.6 is 11.6 Å². The second-order valence-corrected chi connectivity index (χ2v) is 4.06. The van der Waals surface area contributed by atoms with Crippen LogP contribution in [0.1, 0.15) is 5.56 Å². The lowest BCUT2D eigenvalue weighted by atomic mass is 10.2. The van der Waals surface area contributed by atoms with E-state index in [9.17, 15) is 4.39 Å². The first-order chi connectivity index (χ1) is 7.31. The topological polar surface area (TPSA) is 15.3 Å². The van der Waals surface area contributed by atoms with Crippen molar-refractivity contribution >= 4 is 17.3 Å². The van der Waals surface area contributed by atoms with Gasteiger partial charge in [0, 0.05) is 26.2 Å². The number of benzene rings is 1. The van der Waals surface area contributed by atoms with Gasteiger partial charge < -0.3 is 10.2 Å². The fraction of sp³-hybridized carbons (Fsp3) is 0.455. The zero-order valence-corrected chi connectivity index (χ0v) is 9.23. The molecular formula is C11H14ClFN2. The van der Waals surface area contributed by atoms with Gasteiger partial charge in [-0.1, -0.05) is 17.7 Å². The number of halogens is 2. The molecule has 1 fully saturated rings. The molecule has 1 aliphatic heterocycles. The van der Waals surface area contributed by atoms with Crippen molar-refractivity contribution < 1.29 is 4.39 Å². The average molecular weight is 229 g/mol. The maximum Gasteiger partial charge on any atom is 0.115 e. The number of hydrogen-bond acceptors (Lipinski definition) is 2. The first-order valence-electron chi connectivity index (χ1n) is 5.11. The molecule has 4 heteroatoms. The van der Waals surface area contributed by atoms with E-state index in [1.165, 1.54) is 0 Å². The van der Waals surface area contributed by atoms with Crippen LogP contribution in [0.2, 0.25) is 5.02 Å². The maximum atomic E-state index is 12.5. The molecule has 1 saturated heterocycles. The molecule has 0 saturated carbocycles. The average Bonchev–Trinajstić information content (AvgIpc) is 2.31. The summed E-state index contributed by atoms with van der Waals surface area (Å²) >= 11 is 6.10. The van der Waals surface area contributed by atoms with Crippen molar-refractivity contribution in [1.82, 2.24) is 5.32 Å². The second-order valence-electron chi connectivity index (χ2n) is 3.66. The lowest BCUT2D eigenvalue weighted by Gasteiger charge is -2.30. The molecule has 82 valence electrons. The monoisotopic (exact) mass is 228 g/mol. The molecule has 1 N–H and O–H groups in total. The van der Waals surface area contributed by atoms with Crippen LogP contribution in [0.3, 0.4) is 0 Å². The molecule has 0 bridgehead atoms. The molecule has 15 heavy (non-hydrogen) atoms. The minimum atomic E-state index is -0.434. The van der Waals surface area contributed by atoms with Gasteiger partial charge in [-0.2, -0.15) is 0 Å². The Balaban J connectivity index is 2.24. The smallest absolute Gasteiger partial charge is 0.115 e. The van der Waals surface area contributed by atoms with E-state index in [0.717, 1.165) is 31.9 Å². The predicted molar refractivity (Wildman–Crippen MR) is 61.3 cm³/mol. The van der Waals surface area contributed by atoms with Gasteiger partial charge in [-0.3, -0.25) is 0 Å². The van der Waals surface area contributed by atoms with Crippen LogP contribution in [0.25, 0.3) is 0 Å². The number of anilines is 1. The van der Waals surface area contributed by atoms with Crippen molar-refractivity contribution in [2.45, 2.75) is 6.67 Å². The van der Waals surface area contributed by atoms with Crippen LogP contribution in [0.15, 0.2) is 18.2 Å². The van der Waals surface area contributed by atoms with Gasteiger partial charge in [-0.25, -0.2) is 4.39 Å². The third-order valence-electron chi connectivity index (χ3n) is 2.62. The van der Waals surface area contributed by atoms with E-state index in [0.29, 0.717) is 10.6 Å². The van der Waals surface area contributed by atoms with Gasteiger partial charge in [-0.05, 0) is 17.7 Å². The van der Waals surface area contributed by atoms with Crippen molar-refractivity contribution in [1.29, 1.82) is 0 Å². The highest BCUT2D eigenvalue weighted by Crippen LogP contribution is 2.27. The van der Waals surface area contributed by atoms with Crippen molar-refractivity contribution in [3.63, 3.8) is 0 Å². The van der Waals surface area contributed by atoms with Crippen LogP contribution in [0, 0.1) is 0 Å². The van der Waals surface area contributed by atoms with Gasteiger partial charge in [-0.15, -0.1) is 0 Å². The summed E-state index contributed by atoms with van der Waals surface area (Å²) in [7, 11) is 0. The summed E-state index contributed by atoms with van der Waals surface area (Å²) in [6, 6.07) is 5.34.